The van der Waals surface area contributed by atoms with E-state index in [1.54, 1.807) is 24.3 Å². The maximum Gasteiger partial charge on any atom is 0.260 e. The van der Waals surface area contributed by atoms with E-state index in [0.717, 1.165) is 12.2 Å². The normalized spacial score (nSPS) is 14.6. The number of hydrogen-bond donors (Lipinski definition) is 1. The number of anilines is 1. The van der Waals surface area contributed by atoms with Gasteiger partial charge in [0, 0.05) is 10.7 Å². The number of likely N-dealkylation sites (N-methyl/N-ethyl adjacent to an activating group) is 1. The number of rotatable bonds is 5. The molecule has 0 spiro atoms. The third-order valence-corrected chi connectivity index (χ3v) is 3.43. The SMILES string of the molecule is CN(CC(=O)Nc1ccc(Cl)cc1)CN1CCOC1=S. The van der Waals surface area contributed by atoms with Gasteiger partial charge in [0.1, 0.15) is 6.61 Å². The molecule has 0 saturated carbocycles. The Kier molecular flexibility index (Phi) is 5.17. The summed E-state index contributed by atoms with van der Waals surface area (Å²) < 4.78 is 5.20. The molecule has 20 heavy (non-hydrogen) atoms. The predicted octanol–water partition coefficient (Wildman–Crippen LogP) is 1.78. The minimum Gasteiger partial charge on any atom is -0.469 e. The molecular weight excluding hydrogens is 298 g/mol. The van der Waals surface area contributed by atoms with Crippen LogP contribution in [0.2, 0.25) is 5.02 Å². The van der Waals surface area contributed by atoms with Gasteiger partial charge in [-0.1, -0.05) is 11.6 Å². The highest BCUT2D eigenvalue weighted by Gasteiger charge is 2.20. The second kappa shape index (κ2) is 6.88. The van der Waals surface area contributed by atoms with E-state index in [-0.39, 0.29) is 12.5 Å². The van der Waals surface area contributed by atoms with Crippen molar-refractivity contribution in [3.05, 3.63) is 29.3 Å². The average molecular weight is 314 g/mol. The highest BCUT2D eigenvalue weighted by atomic mass is 35.5. The van der Waals surface area contributed by atoms with Gasteiger partial charge in [0.2, 0.25) is 5.91 Å². The Morgan fingerprint density at radius 2 is 2.20 bits per heavy atom. The van der Waals surface area contributed by atoms with Crippen molar-refractivity contribution in [2.75, 3.05) is 38.7 Å². The number of thiocarbonyl (C=S) groups is 1. The Bertz CT molecular complexity index is 495. The molecule has 0 bridgehead atoms. The zero-order valence-electron chi connectivity index (χ0n) is 11.1. The lowest BCUT2D eigenvalue weighted by Gasteiger charge is -2.23. The van der Waals surface area contributed by atoms with Crippen LogP contribution in [-0.2, 0) is 9.53 Å². The molecule has 5 nitrogen and oxygen atoms in total. The van der Waals surface area contributed by atoms with Crippen LogP contribution in [0.5, 0.6) is 0 Å². The molecular formula is C13H16ClN3O2S. The first-order valence-corrected chi connectivity index (χ1v) is 6.99. The lowest BCUT2D eigenvalue weighted by Crippen LogP contribution is -2.40. The quantitative estimate of drug-likeness (QED) is 0.840. The molecule has 0 aliphatic carbocycles. The third-order valence-electron chi connectivity index (χ3n) is 2.80. The topological polar surface area (TPSA) is 44.8 Å². The molecule has 1 heterocycles. The number of ether oxygens (including phenoxy) is 1. The number of carbonyl (C=O) groups is 1. The molecule has 0 unspecified atom stereocenters. The molecule has 1 fully saturated rings. The van der Waals surface area contributed by atoms with E-state index in [1.807, 2.05) is 16.8 Å². The molecule has 0 atom stereocenters. The van der Waals surface area contributed by atoms with Crippen LogP contribution < -0.4 is 5.32 Å². The molecule has 0 radical (unpaired) electrons. The van der Waals surface area contributed by atoms with Crippen LogP contribution in [0.4, 0.5) is 5.69 Å². The molecule has 1 aliphatic rings. The van der Waals surface area contributed by atoms with Gasteiger partial charge in [0.25, 0.3) is 5.17 Å². The van der Waals surface area contributed by atoms with Crippen molar-refractivity contribution in [2.45, 2.75) is 0 Å². The first-order chi connectivity index (χ1) is 9.54. The van der Waals surface area contributed by atoms with Crippen molar-refractivity contribution < 1.29 is 9.53 Å². The summed E-state index contributed by atoms with van der Waals surface area (Å²) in [5.41, 5.74) is 0.729. The summed E-state index contributed by atoms with van der Waals surface area (Å²) >= 11 is 10.8. The molecule has 0 aromatic heterocycles. The van der Waals surface area contributed by atoms with Crippen molar-refractivity contribution in [2.24, 2.45) is 0 Å². The summed E-state index contributed by atoms with van der Waals surface area (Å²) in [6.45, 7) is 2.24. The van der Waals surface area contributed by atoms with Crippen LogP contribution >= 0.6 is 23.8 Å². The molecule has 1 amide bonds. The second-order valence-corrected chi connectivity index (χ2v) is 5.37. The van der Waals surface area contributed by atoms with Crippen molar-refractivity contribution in [1.29, 1.82) is 0 Å². The smallest absolute Gasteiger partial charge is 0.260 e. The number of benzene rings is 1. The van der Waals surface area contributed by atoms with Crippen molar-refractivity contribution in [1.82, 2.24) is 9.80 Å². The van der Waals surface area contributed by atoms with E-state index in [1.165, 1.54) is 0 Å². The Balaban J connectivity index is 1.78. The number of amides is 1. The summed E-state index contributed by atoms with van der Waals surface area (Å²) in [6.07, 6.45) is 0. The van der Waals surface area contributed by atoms with E-state index in [2.05, 4.69) is 5.32 Å². The number of nitrogens with zero attached hydrogens (tertiary/aromatic N) is 2. The van der Waals surface area contributed by atoms with E-state index < -0.39 is 0 Å². The van der Waals surface area contributed by atoms with Crippen LogP contribution in [0.15, 0.2) is 24.3 Å². The lowest BCUT2D eigenvalue weighted by molar-refractivity contribution is -0.117. The van der Waals surface area contributed by atoms with Crippen molar-refractivity contribution in [3.63, 3.8) is 0 Å². The molecule has 1 saturated heterocycles. The molecule has 2 rings (SSSR count). The van der Waals surface area contributed by atoms with E-state index in [4.69, 9.17) is 28.6 Å². The highest BCUT2D eigenvalue weighted by Crippen LogP contribution is 2.13. The predicted molar refractivity (Wildman–Crippen MR) is 82.8 cm³/mol. The number of hydrogen-bond acceptors (Lipinski definition) is 4. The number of halogens is 1. The standard InChI is InChI=1S/C13H16ClN3O2S/c1-16(9-17-6-7-19-13(17)20)8-12(18)15-11-4-2-10(14)3-5-11/h2-5H,6-9H2,1H3,(H,15,18). The first-order valence-electron chi connectivity index (χ1n) is 6.20. The summed E-state index contributed by atoms with van der Waals surface area (Å²) in [4.78, 5) is 15.7. The van der Waals surface area contributed by atoms with Gasteiger partial charge in [-0.25, -0.2) is 0 Å². The van der Waals surface area contributed by atoms with Gasteiger partial charge in [-0.05, 0) is 43.5 Å². The monoisotopic (exact) mass is 313 g/mol. The van der Waals surface area contributed by atoms with Gasteiger partial charge in [-0.15, -0.1) is 0 Å². The Labute approximate surface area is 128 Å². The second-order valence-electron chi connectivity index (χ2n) is 4.59. The Morgan fingerprint density at radius 1 is 1.50 bits per heavy atom. The Hall–Kier alpha value is -1.37. The maximum absolute atomic E-state index is 11.9. The first kappa shape index (κ1) is 15.0. The highest BCUT2D eigenvalue weighted by molar-refractivity contribution is 7.80. The van der Waals surface area contributed by atoms with Gasteiger partial charge in [-0.2, -0.15) is 0 Å². The minimum absolute atomic E-state index is 0.0825. The fraction of sp³-hybridized carbons (Fsp3) is 0.385. The summed E-state index contributed by atoms with van der Waals surface area (Å²) in [6, 6.07) is 7.01. The van der Waals surface area contributed by atoms with Crippen LogP contribution in [0.25, 0.3) is 0 Å². The van der Waals surface area contributed by atoms with Gasteiger partial charge in [-0.3, -0.25) is 9.69 Å². The molecule has 1 aromatic carbocycles. The fourth-order valence-corrected chi connectivity index (χ4v) is 2.23. The number of nitrogens with one attached hydrogen (secondary N) is 1. The van der Waals surface area contributed by atoms with Crippen LogP contribution in [0.3, 0.4) is 0 Å². The molecule has 1 N–H and O–H groups in total. The zero-order valence-corrected chi connectivity index (χ0v) is 12.7. The molecule has 108 valence electrons. The van der Waals surface area contributed by atoms with Crippen molar-refractivity contribution >= 4 is 40.6 Å². The Morgan fingerprint density at radius 3 is 2.80 bits per heavy atom. The van der Waals surface area contributed by atoms with Crippen LogP contribution in [0.1, 0.15) is 0 Å². The third kappa shape index (κ3) is 4.33. The van der Waals surface area contributed by atoms with E-state index in [0.29, 0.717) is 23.5 Å². The van der Waals surface area contributed by atoms with Gasteiger partial charge < -0.3 is 15.0 Å². The van der Waals surface area contributed by atoms with Gasteiger partial charge in [0.15, 0.2) is 0 Å². The van der Waals surface area contributed by atoms with Gasteiger partial charge >= 0.3 is 0 Å². The summed E-state index contributed by atoms with van der Waals surface area (Å²) in [7, 11) is 1.86. The largest absolute Gasteiger partial charge is 0.469 e. The summed E-state index contributed by atoms with van der Waals surface area (Å²) in [5.74, 6) is -0.0825. The van der Waals surface area contributed by atoms with Crippen molar-refractivity contribution in [3.8, 4) is 0 Å². The zero-order chi connectivity index (χ0) is 14.5. The minimum atomic E-state index is -0.0825. The molecule has 1 aliphatic heterocycles. The maximum atomic E-state index is 11.9. The average Bonchev–Trinajstić information content (AvgIpc) is 2.77. The van der Waals surface area contributed by atoms with Gasteiger partial charge in [0.05, 0.1) is 19.8 Å². The lowest BCUT2D eigenvalue weighted by atomic mass is 10.3. The number of carbonyl (C=O) groups excluding carboxylic acids is 1. The van der Waals surface area contributed by atoms with E-state index in [9.17, 15) is 4.79 Å². The fourth-order valence-electron chi connectivity index (χ4n) is 1.87. The summed E-state index contributed by atoms with van der Waals surface area (Å²) in [5, 5.41) is 3.95. The van der Waals surface area contributed by atoms with Crippen LogP contribution in [0, 0.1) is 0 Å². The molecule has 7 heteroatoms. The van der Waals surface area contributed by atoms with E-state index >= 15 is 0 Å². The van der Waals surface area contributed by atoms with Crippen LogP contribution in [-0.4, -0.2) is 54.3 Å². The molecule has 1 aromatic rings.